The van der Waals surface area contributed by atoms with Crippen molar-refractivity contribution in [1.29, 1.82) is 0 Å². The van der Waals surface area contributed by atoms with E-state index in [9.17, 15) is 4.79 Å². The van der Waals surface area contributed by atoms with Gasteiger partial charge in [0.1, 0.15) is 11.7 Å². The molecule has 3 fully saturated rings. The van der Waals surface area contributed by atoms with Crippen molar-refractivity contribution in [1.82, 2.24) is 10.2 Å². The van der Waals surface area contributed by atoms with Gasteiger partial charge in [-0.2, -0.15) is 23.1 Å². The van der Waals surface area contributed by atoms with Gasteiger partial charge in [-0.05, 0) is 54.3 Å². The minimum Gasteiger partial charge on any atom is -0.320 e. The van der Waals surface area contributed by atoms with Gasteiger partial charge in [0.05, 0.1) is 0 Å². The Labute approximate surface area is 134 Å². The number of nitrogens with one attached hydrogen (secondary N) is 1. The Kier molecular flexibility index (Phi) is 3.36. The lowest BCUT2D eigenvalue weighted by Crippen LogP contribution is -2.42. The summed E-state index contributed by atoms with van der Waals surface area (Å²) < 4.78 is 0.284. The van der Waals surface area contributed by atoms with Crippen LogP contribution in [0.25, 0.3) is 0 Å². The van der Waals surface area contributed by atoms with Gasteiger partial charge in [-0.25, -0.2) is 0 Å². The number of thiophene rings is 1. The molecule has 1 aromatic heterocycles. The van der Waals surface area contributed by atoms with Gasteiger partial charge in [0.2, 0.25) is 5.91 Å². The molecule has 114 valence electrons. The summed E-state index contributed by atoms with van der Waals surface area (Å²) in [7, 11) is 0. The lowest BCUT2D eigenvalue weighted by molar-refractivity contribution is -0.131. The SMILES string of the molecule is CSC1(CN2C(=O)C3(CC3)NC2c2ccsc2)CCCC1. The molecule has 1 atom stereocenters. The molecule has 21 heavy (non-hydrogen) atoms. The van der Waals surface area contributed by atoms with Crippen molar-refractivity contribution in [2.75, 3.05) is 12.8 Å². The fourth-order valence-corrected chi connectivity index (χ4v) is 5.53. The number of carbonyl (C=O) groups is 1. The average molecular weight is 322 g/mol. The molecule has 3 nitrogen and oxygen atoms in total. The number of thioether (sulfide) groups is 1. The topological polar surface area (TPSA) is 32.3 Å². The number of hydrogen-bond donors (Lipinski definition) is 1. The Hall–Kier alpha value is -0.520. The van der Waals surface area contributed by atoms with Crippen molar-refractivity contribution in [3.8, 4) is 0 Å². The van der Waals surface area contributed by atoms with Crippen molar-refractivity contribution in [3.05, 3.63) is 22.4 Å². The molecule has 1 N–H and O–H groups in total. The summed E-state index contributed by atoms with van der Waals surface area (Å²) in [4.78, 5) is 15.0. The maximum atomic E-state index is 12.9. The van der Waals surface area contributed by atoms with E-state index in [1.54, 1.807) is 11.3 Å². The van der Waals surface area contributed by atoms with Crippen LogP contribution in [-0.2, 0) is 4.79 Å². The predicted molar refractivity (Wildman–Crippen MR) is 88.6 cm³/mol. The van der Waals surface area contributed by atoms with Crippen LogP contribution in [0.4, 0.5) is 0 Å². The second-order valence-electron chi connectivity index (χ2n) is 6.71. The summed E-state index contributed by atoms with van der Waals surface area (Å²) in [6.07, 6.45) is 9.45. The van der Waals surface area contributed by atoms with Crippen LogP contribution in [0.1, 0.15) is 50.3 Å². The van der Waals surface area contributed by atoms with Gasteiger partial charge in [0, 0.05) is 11.3 Å². The summed E-state index contributed by atoms with van der Waals surface area (Å²) in [5.74, 6) is 0.346. The smallest absolute Gasteiger partial charge is 0.244 e. The highest BCUT2D eigenvalue weighted by Gasteiger charge is 2.60. The summed E-state index contributed by atoms with van der Waals surface area (Å²) in [5.41, 5.74) is 1.04. The van der Waals surface area contributed by atoms with Gasteiger partial charge >= 0.3 is 0 Å². The van der Waals surface area contributed by atoms with Crippen molar-refractivity contribution >= 4 is 29.0 Å². The summed E-state index contributed by atoms with van der Waals surface area (Å²) in [6, 6.07) is 2.16. The molecular weight excluding hydrogens is 300 g/mol. The first-order valence-electron chi connectivity index (χ1n) is 7.84. The molecule has 3 aliphatic rings. The third-order valence-corrected chi connectivity index (χ3v) is 7.51. The van der Waals surface area contributed by atoms with Crippen molar-refractivity contribution in [3.63, 3.8) is 0 Å². The highest BCUT2D eigenvalue weighted by molar-refractivity contribution is 8.00. The van der Waals surface area contributed by atoms with Crippen LogP contribution in [0.15, 0.2) is 16.8 Å². The second-order valence-corrected chi connectivity index (χ2v) is 8.77. The molecule has 1 aliphatic heterocycles. The van der Waals surface area contributed by atoms with Crippen molar-refractivity contribution in [2.24, 2.45) is 0 Å². The van der Waals surface area contributed by atoms with E-state index in [-0.39, 0.29) is 16.5 Å². The molecule has 0 radical (unpaired) electrons. The van der Waals surface area contributed by atoms with Crippen LogP contribution < -0.4 is 5.32 Å². The zero-order valence-electron chi connectivity index (χ0n) is 12.4. The van der Waals surface area contributed by atoms with E-state index in [0.29, 0.717) is 5.91 Å². The molecule has 0 bridgehead atoms. The van der Waals surface area contributed by atoms with Crippen LogP contribution in [0, 0.1) is 0 Å². The Morgan fingerprint density at radius 1 is 1.38 bits per heavy atom. The second kappa shape index (κ2) is 5.00. The fraction of sp³-hybridized carbons (Fsp3) is 0.688. The highest BCUT2D eigenvalue weighted by atomic mass is 32.2. The third-order valence-electron chi connectivity index (χ3n) is 5.41. The molecule has 0 aromatic carbocycles. The molecular formula is C16H22N2OS2. The Morgan fingerprint density at radius 2 is 2.14 bits per heavy atom. The lowest BCUT2D eigenvalue weighted by atomic mass is 10.1. The first-order chi connectivity index (χ1) is 10.2. The Bertz CT molecular complexity index is 532. The van der Waals surface area contributed by atoms with E-state index < -0.39 is 0 Å². The summed E-state index contributed by atoms with van der Waals surface area (Å²) in [6.45, 7) is 0.905. The van der Waals surface area contributed by atoms with E-state index in [0.717, 1.165) is 19.4 Å². The maximum Gasteiger partial charge on any atom is 0.244 e. The van der Waals surface area contributed by atoms with Gasteiger partial charge in [0.15, 0.2) is 0 Å². The van der Waals surface area contributed by atoms with E-state index in [4.69, 9.17) is 0 Å². The predicted octanol–water partition coefficient (Wildman–Crippen LogP) is 3.39. The molecule has 1 aromatic rings. The lowest BCUT2D eigenvalue weighted by Gasteiger charge is -2.34. The zero-order chi connectivity index (χ0) is 14.5. The maximum absolute atomic E-state index is 12.9. The van der Waals surface area contributed by atoms with Gasteiger partial charge < -0.3 is 4.90 Å². The normalized spacial score (nSPS) is 29.5. The van der Waals surface area contributed by atoms with E-state index in [1.807, 2.05) is 11.8 Å². The van der Waals surface area contributed by atoms with E-state index in [2.05, 4.69) is 33.3 Å². The zero-order valence-corrected chi connectivity index (χ0v) is 14.1. The number of rotatable bonds is 4. The number of hydrogen-bond acceptors (Lipinski definition) is 4. The molecule has 1 amide bonds. The first-order valence-corrected chi connectivity index (χ1v) is 10.0. The van der Waals surface area contributed by atoms with Crippen molar-refractivity contribution < 1.29 is 4.79 Å². The van der Waals surface area contributed by atoms with Gasteiger partial charge in [-0.15, -0.1) is 0 Å². The number of nitrogens with zero attached hydrogens (tertiary/aromatic N) is 1. The molecule has 2 aliphatic carbocycles. The monoisotopic (exact) mass is 322 g/mol. The molecule has 2 heterocycles. The molecule has 5 heteroatoms. The molecule has 1 saturated heterocycles. The number of carbonyl (C=O) groups excluding carboxylic acids is 1. The standard InChI is InChI=1S/C16H22N2OS2/c1-20-15(5-2-3-6-15)11-18-13(12-4-9-21-10-12)17-16(7-8-16)14(18)19/h4,9-10,13,17H,2-3,5-8,11H2,1H3. The largest absolute Gasteiger partial charge is 0.320 e. The van der Waals surface area contributed by atoms with Crippen molar-refractivity contribution in [2.45, 2.75) is 55.0 Å². The van der Waals surface area contributed by atoms with Gasteiger partial charge in [-0.3, -0.25) is 10.1 Å². The van der Waals surface area contributed by atoms with E-state index in [1.165, 1.54) is 31.2 Å². The molecule has 2 saturated carbocycles. The molecule has 1 unspecified atom stereocenters. The van der Waals surface area contributed by atoms with E-state index >= 15 is 0 Å². The van der Waals surface area contributed by atoms with Crippen LogP contribution in [0.5, 0.6) is 0 Å². The van der Waals surface area contributed by atoms with Crippen LogP contribution >= 0.6 is 23.1 Å². The fourth-order valence-electron chi connectivity index (χ4n) is 3.89. The quantitative estimate of drug-likeness (QED) is 0.922. The van der Waals surface area contributed by atoms with Crippen LogP contribution in [0.2, 0.25) is 0 Å². The van der Waals surface area contributed by atoms with Gasteiger partial charge in [0.25, 0.3) is 0 Å². The van der Waals surface area contributed by atoms with Crippen LogP contribution in [0.3, 0.4) is 0 Å². The summed E-state index contributed by atoms with van der Waals surface area (Å²) in [5, 5.41) is 7.92. The van der Waals surface area contributed by atoms with Gasteiger partial charge in [-0.1, -0.05) is 12.8 Å². The average Bonchev–Trinajstić information content (AvgIpc) is 2.88. The minimum absolute atomic E-state index is 0.0934. The minimum atomic E-state index is -0.217. The first kappa shape index (κ1) is 14.1. The summed E-state index contributed by atoms with van der Waals surface area (Å²) >= 11 is 3.68. The van der Waals surface area contributed by atoms with Crippen LogP contribution in [-0.4, -0.2) is 33.9 Å². The Morgan fingerprint density at radius 3 is 2.71 bits per heavy atom. The molecule has 1 spiro atoms. The highest BCUT2D eigenvalue weighted by Crippen LogP contribution is 2.49. The number of amides is 1. The Balaban J connectivity index is 1.62. The third kappa shape index (κ3) is 2.25. The molecule has 4 rings (SSSR count).